The average molecular weight is 374 g/mol. The fourth-order valence-electron chi connectivity index (χ4n) is 2.32. The first-order valence-corrected chi connectivity index (χ1v) is 8.79. The number of methoxy groups -OCH3 is 1. The number of carbonyl (C=O) groups excluding carboxylic acids is 1. The summed E-state index contributed by atoms with van der Waals surface area (Å²) in [7, 11) is 1.65. The van der Waals surface area contributed by atoms with E-state index in [4.69, 9.17) is 23.7 Å². The molecule has 27 heavy (non-hydrogen) atoms. The summed E-state index contributed by atoms with van der Waals surface area (Å²) < 4.78 is 26.8. The van der Waals surface area contributed by atoms with Gasteiger partial charge in [0.25, 0.3) is 0 Å². The number of fused-ring (bicyclic) bond motifs is 1. The molecule has 0 heterocycles. The summed E-state index contributed by atoms with van der Waals surface area (Å²) in [5.74, 6) is 1.18. The maximum absolute atomic E-state index is 11.2. The molecule has 0 aliphatic carbocycles. The summed E-state index contributed by atoms with van der Waals surface area (Å²) in [5.41, 5.74) is 0.377. The number of hydrogen-bond acceptors (Lipinski definition) is 6. The molecule has 0 N–H and O–H groups in total. The van der Waals surface area contributed by atoms with E-state index < -0.39 is 5.97 Å². The van der Waals surface area contributed by atoms with Gasteiger partial charge in [0, 0.05) is 18.1 Å². The topological polar surface area (TPSA) is 63.2 Å². The standard InChI is InChI=1S/C21H26O6/c1-16(2)21(22)27-14-11-24-10-13-25-18-7-8-19-17(15-18)5-4-6-20(19)26-12-9-23-3/h4-8,15H,1,9-14H2,2-3H3. The van der Waals surface area contributed by atoms with Crippen LogP contribution in [-0.2, 0) is 19.0 Å². The molecule has 0 aromatic heterocycles. The Bertz CT molecular complexity index is 755. The van der Waals surface area contributed by atoms with E-state index in [2.05, 4.69) is 6.58 Å². The second-order valence-corrected chi connectivity index (χ2v) is 5.86. The molecule has 2 aromatic carbocycles. The van der Waals surface area contributed by atoms with Crippen LogP contribution in [0.5, 0.6) is 11.5 Å². The highest BCUT2D eigenvalue weighted by Gasteiger charge is 2.05. The van der Waals surface area contributed by atoms with Crippen LogP contribution in [0.4, 0.5) is 0 Å². The Morgan fingerprint density at radius 1 is 0.963 bits per heavy atom. The Hall–Kier alpha value is -2.57. The Balaban J connectivity index is 1.75. The van der Waals surface area contributed by atoms with Gasteiger partial charge in [0.05, 0.1) is 19.8 Å². The summed E-state index contributed by atoms with van der Waals surface area (Å²) >= 11 is 0. The third-order valence-corrected chi connectivity index (χ3v) is 3.66. The van der Waals surface area contributed by atoms with Crippen LogP contribution in [0.1, 0.15) is 6.92 Å². The zero-order chi connectivity index (χ0) is 19.5. The molecule has 0 fully saturated rings. The normalized spacial score (nSPS) is 10.6. The molecule has 0 unspecified atom stereocenters. The molecule has 6 nitrogen and oxygen atoms in total. The predicted molar refractivity (Wildman–Crippen MR) is 103 cm³/mol. The van der Waals surface area contributed by atoms with Crippen LogP contribution in [0.25, 0.3) is 10.8 Å². The van der Waals surface area contributed by atoms with Crippen molar-refractivity contribution in [3.63, 3.8) is 0 Å². The zero-order valence-electron chi connectivity index (χ0n) is 15.9. The van der Waals surface area contributed by atoms with Gasteiger partial charge >= 0.3 is 5.97 Å². The first-order valence-electron chi connectivity index (χ1n) is 8.79. The number of esters is 1. The highest BCUT2D eigenvalue weighted by atomic mass is 16.6. The van der Waals surface area contributed by atoms with Crippen LogP contribution < -0.4 is 9.47 Å². The van der Waals surface area contributed by atoms with Gasteiger partial charge in [-0.1, -0.05) is 18.7 Å². The molecule has 146 valence electrons. The van der Waals surface area contributed by atoms with E-state index in [-0.39, 0.29) is 6.61 Å². The second kappa shape index (κ2) is 11.2. The minimum atomic E-state index is -0.406. The summed E-state index contributed by atoms with van der Waals surface area (Å²) in [5, 5.41) is 2.06. The zero-order valence-corrected chi connectivity index (χ0v) is 15.9. The number of carbonyl (C=O) groups is 1. The third kappa shape index (κ3) is 6.92. The number of rotatable bonds is 12. The van der Waals surface area contributed by atoms with Crippen molar-refractivity contribution in [2.45, 2.75) is 6.92 Å². The molecule has 0 aliphatic heterocycles. The van der Waals surface area contributed by atoms with Crippen LogP contribution in [-0.4, -0.2) is 52.7 Å². The summed E-state index contributed by atoms with van der Waals surface area (Å²) in [6, 6.07) is 11.7. The fraction of sp³-hybridized carbons (Fsp3) is 0.381. The van der Waals surface area contributed by atoms with Crippen molar-refractivity contribution >= 4 is 16.7 Å². The highest BCUT2D eigenvalue weighted by Crippen LogP contribution is 2.28. The molecule has 2 aromatic rings. The van der Waals surface area contributed by atoms with E-state index in [0.29, 0.717) is 38.6 Å². The van der Waals surface area contributed by atoms with E-state index in [1.807, 2.05) is 36.4 Å². The average Bonchev–Trinajstić information content (AvgIpc) is 2.67. The highest BCUT2D eigenvalue weighted by molar-refractivity contribution is 5.89. The summed E-state index contributed by atoms with van der Waals surface area (Å²) in [4.78, 5) is 11.2. The van der Waals surface area contributed by atoms with Gasteiger partial charge in [-0.2, -0.15) is 0 Å². The van der Waals surface area contributed by atoms with Crippen molar-refractivity contribution in [3.05, 3.63) is 48.6 Å². The number of benzene rings is 2. The van der Waals surface area contributed by atoms with Crippen molar-refractivity contribution in [3.8, 4) is 11.5 Å². The van der Waals surface area contributed by atoms with Crippen LogP contribution in [0, 0.1) is 0 Å². The Labute approximate surface area is 159 Å². The van der Waals surface area contributed by atoms with Crippen molar-refractivity contribution in [2.24, 2.45) is 0 Å². The Morgan fingerprint density at radius 2 is 1.74 bits per heavy atom. The molecule has 0 saturated heterocycles. The van der Waals surface area contributed by atoms with Crippen LogP contribution in [0.2, 0.25) is 0 Å². The van der Waals surface area contributed by atoms with Crippen molar-refractivity contribution < 1.29 is 28.5 Å². The molecule has 0 radical (unpaired) electrons. The van der Waals surface area contributed by atoms with Gasteiger partial charge in [-0.25, -0.2) is 4.79 Å². The van der Waals surface area contributed by atoms with Crippen LogP contribution in [0.15, 0.2) is 48.6 Å². The van der Waals surface area contributed by atoms with Gasteiger partial charge in [-0.15, -0.1) is 0 Å². The number of hydrogen-bond donors (Lipinski definition) is 0. The minimum Gasteiger partial charge on any atom is -0.491 e. The first-order chi connectivity index (χ1) is 13.1. The molecule has 0 aliphatic rings. The van der Waals surface area contributed by atoms with E-state index in [0.717, 1.165) is 22.3 Å². The monoisotopic (exact) mass is 374 g/mol. The lowest BCUT2D eigenvalue weighted by atomic mass is 10.1. The van der Waals surface area contributed by atoms with Crippen molar-refractivity contribution in [1.29, 1.82) is 0 Å². The van der Waals surface area contributed by atoms with Crippen LogP contribution >= 0.6 is 0 Å². The molecule has 2 rings (SSSR count). The number of ether oxygens (including phenoxy) is 5. The molecule has 0 atom stereocenters. The largest absolute Gasteiger partial charge is 0.491 e. The van der Waals surface area contributed by atoms with Crippen molar-refractivity contribution in [2.75, 3.05) is 46.8 Å². The maximum Gasteiger partial charge on any atom is 0.333 e. The summed E-state index contributed by atoms with van der Waals surface area (Å²) in [6.45, 7) is 7.51. The third-order valence-electron chi connectivity index (χ3n) is 3.66. The van der Waals surface area contributed by atoms with Gasteiger partial charge in [0.1, 0.15) is 31.3 Å². The van der Waals surface area contributed by atoms with Gasteiger partial charge in [0.2, 0.25) is 0 Å². The molecular weight excluding hydrogens is 348 g/mol. The quantitative estimate of drug-likeness (QED) is 0.322. The molecular formula is C21H26O6. The van der Waals surface area contributed by atoms with E-state index >= 15 is 0 Å². The smallest absolute Gasteiger partial charge is 0.333 e. The van der Waals surface area contributed by atoms with Gasteiger partial charge in [-0.3, -0.25) is 0 Å². The fourth-order valence-corrected chi connectivity index (χ4v) is 2.32. The minimum absolute atomic E-state index is 0.202. The van der Waals surface area contributed by atoms with E-state index in [9.17, 15) is 4.79 Å². The van der Waals surface area contributed by atoms with Gasteiger partial charge in [0.15, 0.2) is 0 Å². The molecule has 0 amide bonds. The Kier molecular flexibility index (Phi) is 8.61. The predicted octanol–water partition coefficient (Wildman–Crippen LogP) is 3.38. The maximum atomic E-state index is 11.2. The van der Waals surface area contributed by atoms with E-state index in [1.165, 1.54) is 0 Å². The van der Waals surface area contributed by atoms with Crippen LogP contribution in [0.3, 0.4) is 0 Å². The second-order valence-electron chi connectivity index (χ2n) is 5.86. The van der Waals surface area contributed by atoms with E-state index in [1.54, 1.807) is 14.0 Å². The molecule has 0 spiro atoms. The SMILES string of the molecule is C=C(C)C(=O)OCCOCCOc1ccc2c(OCCOC)cccc2c1. The van der Waals surface area contributed by atoms with Gasteiger partial charge in [-0.05, 0) is 36.6 Å². The molecule has 0 bridgehead atoms. The van der Waals surface area contributed by atoms with Crippen molar-refractivity contribution in [1.82, 2.24) is 0 Å². The Morgan fingerprint density at radius 3 is 2.52 bits per heavy atom. The lowest BCUT2D eigenvalue weighted by Crippen LogP contribution is -2.13. The first kappa shape index (κ1) is 20.7. The van der Waals surface area contributed by atoms with Gasteiger partial charge < -0.3 is 23.7 Å². The molecule has 6 heteroatoms. The lowest BCUT2D eigenvalue weighted by molar-refractivity contribution is -0.140. The molecule has 0 saturated carbocycles. The lowest BCUT2D eigenvalue weighted by Gasteiger charge is -2.11. The summed E-state index contributed by atoms with van der Waals surface area (Å²) in [6.07, 6.45) is 0.